The SMILES string of the molecule is CCS(=O)(=O)N1CCN(C(=O)C2CCCN2C(=O)c2ccc([N+](=O)[O-])c(C)c2)CC1. The molecule has 0 aliphatic carbocycles. The monoisotopic (exact) mass is 438 g/mol. The second kappa shape index (κ2) is 8.68. The summed E-state index contributed by atoms with van der Waals surface area (Å²) in [6, 6.07) is 3.61. The summed E-state index contributed by atoms with van der Waals surface area (Å²) in [5, 5.41) is 11.0. The lowest BCUT2D eigenvalue weighted by molar-refractivity contribution is -0.385. The molecular formula is C19H26N4O6S. The van der Waals surface area contributed by atoms with Crippen LogP contribution in [0.5, 0.6) is 0 Å². The number of hydrogen-bond donors (Lipinski definition) is 0. The van der Waals surface area contributed by atoms with E-state index in [9.17, 15) is 28.1 Å². The Balaban J connectivity index is 1.70. The van der Waals surface area contributed by atoms with E-state index in [1.165, 1.54) is 27.4 Å². The van der Waals surface area contributed by atoms with Crippen LogP contribution in [0.1, 0.15) is 35.7 Å². The van der Waals surface area contributed by atoms with E-state index < -0.39 is 21.0 Å². The van der Waals surface area contributed by atoms with Gasteiger partial charge in [0.05, 0.1) is 10.7 Å². The van der Waals surface area contributed by atoms with Crippen LogP contribution in [0.25, 0.3) is 0 Å². The number of piperazine rings is 1. The third-order valence-corrected chi connectivity index (χ3v) is 7.63. The van der Waals surface area contributed by atoms with Crippen molar-refractivity contribution in [2.75, 3.05) is 38.5 Å². The normalized spacial score (nSPS) is 20.4. The highest BCUT2D eigenvalue weighted by atomic mass is 32.2. The largest absolute Gasteiger partial charge is 0.338 e. The third kappa shape index (κ3) is 4.31. The molecule has 1 aromatic carbocycles. The van der Waals surface area contributed by atoms with Gasteiger partial charge >= 0.3 is 0 Å². The molecule has 1 unspecified atom stereocenters. The van der Waals surface area contributed by atoms with Crippen molar-refractivity contribution in [3.05, 3.63) is 39.4 Å². The Labute approximate surface area is 175 Å². The average molecular weight is 439 g/mol. The number of nitrogens with zero attached hydrogens (tertiary/aromatic N) is 4. The van der Waals surface area contributed by atoms with Gasteiger partial charge in [0.1, 0.15) is 6.04 Å². The van der Waals surface area contributed by atoms with Crippen molar-refractivity contribution in [3.8, 4) is 0 Å². The minimum absolute atomic E-state index is 0.0283. The van der Waals surface area contributed by atoms with Crippen molar-refractivity contribution in [1.82, 2.24) is 14.1 Å². The van der Waals surface area contributed by atoms with Crippen LogP contribution in [0.15, 0.2) is 18.2 Å². The average Bonchev–Trinajstić information content (AvgIpc) is 3.22. The van der Waals surface area contributed by atoms with Crippen LogP contribution in [0.3, 0.4) is 0 Å². The number of sulfonamides is 1. The van der Waals surface area contributed by atoms with Gasteiger partial charge in [0.15, 0.2) is 0 Å². The fourth-order valence-corrected chi connectivity index (χ4v) is 5.09. The van der Waals surface area contributed by atoms with Crippen molar-refractivity contribution < 1.29 is 22.9 Å². The first-order valence-electron chi connectivity index (χ1n) is 9.98. The summed E-state index contributed by atoms with van der Waals surface area (Å²) in [7, 11) is -3.28. The van der Waals surface area contributed by atoms with Gasteiger partial charge in [-0.3, -0.25) is 19.7 Å². The highest BCUT2D eigenvalue weighted by Gasteiger charge is 2.38. The Morgan fingerprint density at radius 1 is 1.17 bits per heavy atom. The Morgan fingerprint density at radius 3 is 2.40 bits per heavy atom. The summed E-state index contributed by atoms with van der Waals surface area (Å²) < 4.78 is 25.4. The Morgan fingerprint density at radius 2 is 1.83 bits per heavy atom. The molecule has 2 aliphatic rings. The van der Waals surface area contributed by atoms with Crippen LogP contribution in [-0.2, 0) is 14.8 Å². The fourth-order valence-electron chi connectivity index (χ4n) is 4.01. The van der Waals surface area contributed by atoms with Gasteiger partial charge in [-0.1, -0.05) is 0 Å². The second-order valence-corrected chi connectivity index (χ2v) is 9.80. The molecule has 2 aliphatic heterocycles. The van der Waals surface area contributed by atoms with E-state index in [-0.39, 0.29) is 36.3 Å². The molecule has 0 radical (unpaired) electrons. The maximum atomic E-state index is 13.1. The van der Waals surface area contributed by atoms with Gasteiger partial charge < -0.3 is 9.80 Å². The fraction of sp³-hybridized carbons (Fsp3) is 0.579. The second-order valence-electron chi connectivity index (χ2n) is 7.54. The van der Waals surface area contributed by atoms with Gasteiger partial charge in [-0.05, 0) is 38.8 Å². The quantitative estimate of drug-likeness (QED) is 0.499. The first-order valence-corrected chi connectivity index (χ1v) is 11.6. The van der Waals surface area contributed by atoms with E-state index in [1.807, 2.05) is 0 Å². The molecule has 2 heterocycles. The van der Waals surface area contributed by atoms with E-state index in [0.29, 0.717) is 43.6 Å². The molecule has 11 heteroatoms. The molecule has 0 aromatic heterocycles. The standard InChI is InChI=1S/C19H26N4O6S/c1-3-30(28,29)21-11-9-20(10-12-21)19(25)17-5-4-8-22(17)18(24)15-6-7-16(23(26)27)14(2)13-15/h6-7,13,17H,3-5,8-12H2,1-2H3. The Kier molecular flexibility index (Phi) is 6.41. The van der Waals surface area contributed by atoms with Crippen molar-refractivity contribution in [1.29, 1.82) is 0 Å². The maximum Gasteiger partial charge on any atom is 0.272 e. The predicted molar refractivity (Wildman–Crippen MR) is 110 cm³/mol. The summed E-state index contributed by atoms with van der Waals surface area (Å²) in [5.74, 6) is -0.468. The summed E-state index contributed by atoms with van der Waals surface area (Å²) in [4.78, 5) is 39.7. The maximum absolute atomic E-state index is 13.1. The van der Waals surface area contributed by atoms with E-state index in [0.717, 1.165) is 0 Å². The molecule has 10 nitrogen and oxygen atoms in total. The summed E-state index contributed by atoms with van der Waals surface area (Å²) in [5.41, 5.74) is 0.651. The zero-order valence-corrected chi connectivity index (χ0v) is 17.9. The molecule has 2 amide bonds. The van der Waals surface area contributed by atoms with Gasteiger partial charge in [0, 0.05) is 49.9 Å². The van der Waals surface area contributed by atoms with E-state index in [2.05, 4.69) is 0 Å². The molecule has 0 spiro atoms. The molecule has 164 valence electrons. The molecule has 0 bridgehead atoms. The zero-order valence-electron chi connectivity index (χ0n) is 17.1. The minimum Gasteiger partial charge on any atom is -0.338 e. The van der Waals surface area contributed by atoms with Crippen molar-refractivity contribution in [2.45, 2.75) is 32.7 Å². The molecule has 1 atom stereocenters. The number of carbonyl (C=O) groups excluding carboxylic acids is 2. The predicted octanol–water partition coefficient (Wildman–Crippen LogP) is 1.00. The minimum atomic E-state index is -3.28. The number of hydrogen-bond acceptors (Lipinski definition) is 6. The Bertz CT molecular complexity index is 956. The van der Waals surface area contributed by atoms with Crippen molar-refractivity contribution in [3.63, 3.8) is 0 Å². The number of nitro groups is 1. The molecule has 2 fully saturated rings. The van der Waals surface area contributed by atoms with Gasteiger partial charge in [-0.2, -0.15) is 4.31 Å². The number of benzene rings is 1. The molecule has 30 heavy (non-hydrogen) atoms. The molecule has 0 N–H and O–H groups in total. The van der Waals surface area contributed by atoms with E-state index in [4.69, 9.17) is 0 Å². The zero-order chi connectivity index (χ0) is 22.1. The number of nitro benzene ring substituents is 1. The number of amides is 2. The lowest BCUT2D eigenvalue weighted by atomic mass is 10.1. The molecular weight excluding hydrogens is 412 g/mol. The third-order valence-electron chi connectivity index (χ3n) is 5.75. The van der Waals surface area contributed by atoms with Gasteiger partial charge in [0.2, 0.25) is 15.9 Å². The smallest absolute Gasteiger partial charge is 0.272 e. The van der Waals surface area contributed by atoms with Crippen molar-refractivity contribution >= 4 is 27.5 Å². The molecule has 1 aromatic rings. The summed E-state index contributed by atoms with van der Waals surface area (Å²) in [6.07, 6.45) is 1.24. The lowest BCUT2D eigenvalue weighted by Gasteiger charge is -2.36. The van der Waals surface area contributed by atoms with Crippen molar-refractivity contribution in [2.24, 2.45) is 0 Å². The van der Waals surface area contributed by atoms with Gasteiger partial charge in [-0.25, -0.2) is 8.42 Å². The highest BCUT2D eigenvalue weighted by molar-refractivity contribution is 7.89. The van der Waals surface area contributed by atoms with Crippen LogP contribution in [0.4, 0.5) is 5.69 Å². The topological polar surface area (TPSA) is 121 Å². The van der Waals surface area contributed by atoms with E-state index in [1.54, 1.807) is 18.7 Å². The van der Waals surface area contributed by atoms with Gasteiger partial charge in [-0.15, -0.1) is 0 Å². The molecule has 2 saturated heterocycles. The first kappa shape index (κ1) is 22.2. The van der Waals surface area contributed by atoms with Crippen LogP contribution in [0.2, 0.25) is 0 Å². The van der Waals surface area contributed by atoms with Crippen LogP contribution in [-0.4, -0.2) is 83.8 Å². The van der Waals surface area contributed by atoms with Crippen LogP contribution < -0.4 is 0 Å². The van der Waals surface area contributed by atoms with Crippen LogP contribution >= 0.6 is 0 Å². The summed E-state index contributed by atoms with van der Waals surface area (Å²) in [6.45, 7) is 4.71. The highest BCUT2D eigenvalue weighted by Crippen LogP contribution is 2.25. The Hall–Kier alpha value is -2.53. The number of likely N-dealkylation sites (tertiary alicyclic amines) is 1. The van der Waals surface area contributed by atoms with E-state index >= 15 is 0 Å². The number of carbonyl (C=O) groups is 2. The number of rotatable bonds is 5. The van der Waals surface area contributed by atoms with Gasteiger partial charge in [0.25, 0.3) is 11.6 Å². The summed E-state index contributed by atoms with van der Waals surface area (Å²) >= 11 is 0. The first-order chi connectivity index (χ1) is 14.2. The van der Waals surface area contributed by atoms with Crippen LogP contribution in [0, 0.1) is 17.0 Å². The molecule has 0 saturated carbocycles. The number of aryl methyl sites for hydroxylation is 1. The molecule has 3 rings (SSSR count). The lowest BCUT2D eigenvalue weighted by Crippen LogP contribution is -2.55.